The van der Waals surface area contributed by atoms with E-state index in [4.69, 9.17) is 4.74 Å². The third kappa shape index (κ3) is 3.58. The number of carbonyl (C=O) groups is 1. The predicted octanol–water partition coefficient (Wildman–Crippen LogP) is 0.385. The second-order valence-corrected chi connectivity index (χ2v) is 5.61. The summed E-state index contributed by atoms with van der Waals surface area (Å²) >= 11 is 0. The van der Waals surface area contributed by atoms with Crippen LogP contribution in [0.25, 0.3) is 0 Å². The molecule has 1 fully saturated rings. The summed E-state index contributed by atoms with van der Waals surface area (Å²) in [6, 6.07) is 1.97. The van der Waals surface area contributed by atoms with Crippen LogP contribution in [0, 0.1) is 13.8 Å². The maximum Gasteiger partial charge on any atom is 0.241 e. The summed E-state index contributed by atoms with van der Waals surface area (Å²) in [7, 11) is 1.69. The number of amides is 1. The Bertz CT molecular complexity index is 464. The molecule has 0 bridgehead atoms. The summed E-state index contributed by atoms with van der Waals surface area (Å²) in [5.74, 6) is -0.0135. The molecular formula is C14H24N4O2. The standard InChI is InChI=1S/C14H24N4O2/c1-11-7-12(2)18(17-11)8-13(19)15-9-14(10-20-3)5-4-6-16-14/h7,16H,4-6,8-10H2,1-3H3,(H,15,19). The number of nitrogens with one attached hydrogen (secondary N) is 2. The second kappa shape index (κ2) is 6.37. The Kier molecular flexibility index (Phi) is 4.77. The van der Waals surface area contributed by atoms with Gasteiger partial charge in [-0.25, -0.2) is 0 Å². The first kappa shape index (κ1) is 15.0. The first-order valence-corrected chi connectivity index (χ1v) is 7.06. The number of nitrogens with zero attached hydrogens (tertiary/aromatic N) is 2. The molecule has 1 aliphatic heterocycles. The Balaban J connectivity index is 1.86. The van der Waals surface area contributed by atoms with Crippen molar-refractivity contribution in [3.8, 4) is 0 Å². The highest BCUT2D eigenvalue weighted by Gasteiger charge is 2.33. The van der Waals surface area contributed by atoms with Gasteiger partial charge in [0.05, 0.1) is 17.8 Å². The lowest BCUT2D eigenvalue weighted by Crippen LogP contribution is -2.53. The number of carbonyl (C=O) groups excluding carboxylic acids is 1. The van der Waals surface area contributed by atoms with Gasteiger partial charge in [-0.3, -0.25) is 9.48 Å². The van der Waals surface area contributed by atoms with Gasteiger partial charge in [-0.1, -0.05) is 0 Å². The molecule has 0 radical (unpaired) electrons. The minimum atomic E-state index is -0.112. The smallest absolute Gasteiger partial charge is 0.241 e. The van der Waals surface area contributed by atoms with Crippen molar-refractivity contribution < 1.29 is 9.53 Å². The summed E-state index contributed by atoms with van der Waals surface area (Å²) in [5.41, 5.74) is 1.83. The Morgan fingerprint density at radius 2 is 2.40 bits per heavy atom. The van der Waals surface area contributed by atoms with E-state index in [0.29, 0.717) is 13.2 Å². The normalized spacial score (nSPS) is 22.1. The van der Waals surface area contributed by atoms with Gasteiger partial charge in [-0.2, -0.15) is 5.10 Å². The van der Waals surface area contributed by atoms with Crippen LogP contribution in [0.15, 0.2) is 6.07 Å². The molecule has 0 spiro atoms. The Morgan fingerprint density at radius 1 is 1.60 bits per heavy atom. The van der Waals surface area contributed by atoms with Crippen molar-refractivity contribution in [3.63, 3.8) is 0 Å². The molecule has 6 nitrogen and oxygen atoms in total. The van der Waals surface area contributed by atoms with Crippen LogP contribution in [0.2, 0.25) is 0 Å². The van der Waals surface area contributed by atoms with E-state index in [1.54, 1.807) is 11.8 Å². The molecule has 1 saturated heterocycles. The van der Waals surface area contributed by atoms with Crippen LogP contribution in [-0.4, -0.2) is 48.0 Å². The molecule has 0 aromatic carbocycles. The maximum absolute atomic E-state index is 12.0. The SMILES string of the molecule is COCC1(CNC(=O)Cn2nc(C)cc2C)CCCN1. The van der Waals surface area contributed by atoms with Gasteiger partial charge in [-0.15, -0.1) is 0 Å². The monoisotopic (exact) mass is 280 g/mol. The summed E-state index contributed by atoms with van der Waals surface area (Å²) in [5, 5.41) is 10.7. The number of aromatic nitrogens is 2. The zero-order valence-corrected chi connectivity index (χ0v) is 12.5. The van der Waals surface area contributed by atoms with Gasteiger partial charge in [-0.05, 0) is 39.3 Å². The number of ether oxygens (including phenoxy) is 1. The van der Waals surface area contributed by atoms with Crippen molar-refractivity contribution in [1.29, 1.82) is 0 Å². The van der Waals surface area contributed by atoms with E-state index >= 15 is 0 Å². The largest absolute Gasteiger partial charge is 0.383 e. The van der Waals surface area contributed by atoms with Crippen LogP contribution in [0.3, 0.4) is 0 Å². The van der Waals surface area contributed by atoms with E-state index in [9.17, 15) is 4.79 Å². The molecule has 2 rings (SSSR count). The molecule has 0 saturated carbocycles. The maximum atomic E-state index is 12.0. The fourth-order valence-corrected chi connectivity index (χ4v) is 2.76. The minimum absolute atomic E-state index is 0.0135. The predicted molar refractivity (Wildman–Crippen MR) is 76.6 cm³/mol. The number of aryl methyl sites for hydroxylation is 2. The van der Waals surface area contributed by atoms with Gasteiger partial charge in [0.25, 0.3) is 0 Å². The molecule has 1 aromatic rings. The molecule has 2 N–H and O–H groups in total. The van der Waals surface area contributed by atoms with E-state index in [-0.39, 0.29) is 18.0 Å². The zero-order valence-electron chi connectivity index (χ0n) is 12.5. The molecule has 1 aromatic heterocycles. The van der Waals surface area contributed by atoms with E-state index in [1.807, 2.05) is 19.9 Å². The summed E-state index contributed by atoms with van der Waals surface area (Å²) < 4.78 is 7.00. The van der Waals surface area contributed by atoms with Gasteiger partial charge < -0.3 is 15.4 Å². The van der Waals surface area contributed by atoms with Gasteiger partial charge in [0.2, 0.25) is 5.91 Å². The third-order valence-corrected chi connectivity index (χ3v) is 3.77. The molecule has 0 aliphatic carbocycles. The lowest BCUT2D eigenvalue weighted by Gasteiger charge is -2.29. The summed E-state index contributed by atoms with van der Waals surface area (Å²) in [6.45, 7) is 6.35. The number of hydrogen-bond donors (Lipinski definition) is 2. The van der Waals surface area contributed by atoms with Gasteiger partial charge in [0.15, 0.2) is 0 Å². The molecule has 1 atom stereocenters. The van der Waals surface area contributed by atoms with Crippen LogP contribution in [0.5, 0.6) is 0 Å². The van der Waals surface area contributed by atoms with Crippen molar-refractivity contribution in [1.82, 2.24) is 20.4 Å². The van der Waals surface area contributed by atoms with Gasteiger partial charge >= 0.3 is 0 Å². The first-order chi connectivity index (χ1) is 9.54. The first-order valence-electron chi connectivity index (χ1n) is 7.06. The van der Waals surface area contributed by atoms with Crippen LogP contribution in [0.1, 0.15) is 24.2 Å². The van der Waals surface area contributed by atoms with Crippen molar-refractivity contribution in [2.75, 3.05) is 26.8 Å². The molecule has 1 aliphatic rings. The number of rotatable bonds is 6. The van der Waals surface area contributed by atoms with E-state index in [2.05, 4.69) is 15.7 Å². The molecule has 20 heavy (non-hydrogen) atoms. The Hall–Kier alpha value is -1.40. The van der Waals surface area contributed by atoms with Crippen LogP contribution >= 0.6 is 0 Å². The average molecular weight is 280 g/mol. The third-order valence-electron chi connectivity index (χ3n) is 3.77. The van der Waals surface area contributed by atoms with Crippen LogP contribution in [0.4, 0.5) is 0 Å². The molecule has 2 heterocycles. The van der Waals surface area contributed by atoms with E-state index < -0.39 is 0 Å². The summed E-state index contributed by atoms with van der Waals surface area (Å²) in [4.78, 5) is 12.0. The van der Waals surface area contributed by atoms with E-state index in [0.717, 1.165) is 30.8 Å². The van der Waals surface area contributed by atoms with Crippen molar-refractivity contribution in [3.05, 3.63) is 17.5 Å². The molecule has 112 valence electrons. The number of methoxy groups -OCH3 is 1. The highest BCUT2D eigenvalue weighted by atomic mass is 16.5. The van der Waals surface area contributed by atoms with Crippen molar-refractivity contribution in [2.45, 2.75) is 38.8 Å². The zero-order chi connectivity index (χ0) is 14.6. The van der Waals surface area contributed by atoms with Gasteiger partial charge in [0.1, 0.15) is 6.54 Å². The lowest BCUT2D eigenvalue weighted by atomic mass is 9.99. The minimum Gasteiger partial charge on any atom is -0.383 e. The quantitative estimate of drug-likeness (QED) is 0.791. The highest BCUT2D eigenvalue weighted by molar-refractivity contribution is 5.75. The van der Waals surface area contributed by atoms with Gasteiger partial charge in [0, 0.05) is 19.3 Å². The molecule has 1 unspecified atom stereocenters. The Labute approximate surface area is 119 Å². The highest BCUT2D eigenvalue weighted by Crippen LogP contribution is 2.18. The van der Waals surface area contributed by atoms with Crippen LogP contribution < -0.4 is 10.6 Å². The van der Waals surface area contributed by atoms with Crippen molar-refractivity contribution >= 4 is 5.91 Å². The summed E-state index contributed by atoms with van der Waals surface area (Å²) in [6.07, 6.45) is 2.15. The molecule has 6 heteroatoms. The van der Waals surface area contributed by atoms with E-state index in [1.165, 1.54) is 0 Å². The van der Waals surface area contributed by atoms with Crippen LogP contribution in [-0.2, 0) is 16.1 Å². The fourth-order valence-electron chi connectivity index (χ4n) is 2.76. The Morgan fingerprint density at radius 3 is 2.95 bits per heavy atom. The second-order valence-electron chi connectivity index (χ2n) is 5.61. The van der Waals surface area contributed by atoms with Crippen molar-refractivity contribution in [2.24, 2.45) is 0 Å². The fraction of sp³-hybridized carbons (Fsp3) is 0.714. The number of hydrogen-bond acceptors (Lipinski definition) is 4. The lowest BCUT2D eigenvalue weighted by molar-refractivity contribution is -0.122. The average Bonchev–Trinajstić information content (AvgIpc) is 2.96. The molecule has 1 amide bonds. The molecular weight excluding hydrogens is 256 g/mol. The topological polar surface area (TPSA) is 68.2 Å².